The van der Waals surface area contributed by atoms with Gasteiger partial charge in [-0.15, -0.1) is 0 Å². The molecule has 0 N–H and O–H groups in total. The molecule has 3 rings (SSSR count). The Bertz CT molecular complexity index is 540. The fraction of sp³-hybridized carbons (Fsp3) is 0.765. The molecule has 128 valence electrons. The Morgan fingerprint density at radius 1 is 1.43 bits per heavy atom. The zero-order valence-corrected chi connectivity index (χ0v) is 15.0. The number of carbonyl (C=O) groups excluding carboxylic acids is 1. The third-order valence-corrected chi connectivity index (χ3v) is 6.36. The first-order chi connectivity index (χ1) is 11.2. The summed E-state index contributed by atoms with van der Waals surface area (Å²) in [4.78, 5) is 14.8. The molecule has 2 saturated heterocycles. The summed E-state index contributed by atoms with van der Waals surface area (Å²) in [5.41, 5.74) is 1.78. The Morgan fingerprint density at radius 2 is 2.22 bits per heavy atom. The molecule has 6 heteroatoms. The topological polar surface area (TPSA) is 47.4 Å². The maximum atomic E-state index is 12.8. The Kier molecular flexibility index (Phi) is 5.64. The van der Waals surface area contributed by atoms with Crippen molar-refractivity contribution in [3.05, 3.63) is 17.5 Å². The largest absolute Gasteiger partial charge is 0.381 e. The van der Waals surface area contributed by atoms with Crippen LogP contribution in [0, 0.1) is 12.8 Å². The van der Waals surface area contributed by atoms with E-state index in [0.29, 0.717) is 11.2 Å². The molecule has 3 heterocycles. The maximum absolute atomic E-state index is 12.8. The van der Waals surface area contributed by atoms with E-state index in [-0.39, 0.29) is 5.91 Å². The van der Waals surface area contributed by atoms with E-state index in [2.05, 4.69) is 12.0 Å². The van der Waals surface area contributed by atoms with Crippen LogP contribution in [0.2, 0.25) is 0 Å². The number of hydrogen-bond acceptors (Lipinski definition) is 4. The van der Waals surface area contributed by atoms with Crippen molar-refractivity contribution in [1.82, 2.24) is 14.7 Å². The quantitative estimate of drug-likeness (QED) is 0.847. The van der Waals surface area contributed by atoms with Gasteiger partial charge < -0.3 is 9.64 Å². The van der Waals surface area contributed by atoms with Crippen molar-refractivity contribution < 1.29 is 9.53 Å². The second kappa shape index (κ2) is 7.71. The minimum atomic E-state index is 0.152. The molecule has 1 atom stereocenters. The van der Waals surface area contributed by atoms with Crippen LogP contribution in [-0.4, -0.2) is 57.9 Å². The van der Waals surface area contributed by atoms with Crippen molar-refractivity contribution in [2.75, 3.05) is 32.1 Å². The molecule has 1 aromatic rings. The molecule has 1 amide bonds. The van der Waals surface area contributed by atoms with Crippen LogP contribution in [0.5, 0.6) is 0 Å². The third kappa shape index (κ3) is 3.91. The average molecular weight is 337 g/mol. The van der Waals surface area contributed by atoms with Gasteiger partial charge in [-0.05, 0) is 32.1 Å². The van der Waals surface area contributed by atoms with E-state index in [1.54, 1.807) is 6.20 Å². The second-order valence-corrected chi connectivity index (χ2v) is 7.94. The molecule has 0 saturated carbocycles. The molecular weight excluding hydrogens is 310 g/mol. The highest BCUT2D eigenvalue weighted by Gasteiger charge is 2.26. The highest BCUT2D eigenvalue weighted by Crippen LogP contribution is 2.24. The summed E-state index contributed by atoms with van der Waals surface area (Å²) in [6.45, 7) is 8.53. The van der Waals surface area contributed by atoms with Gasteiger partial charge in [-0.2, -0.15) is 16.9 Å². The number of rotatable bonds is 4. The number of thioether (sulfide) groups is 1. The highest BCUT2D eigenvalue weighted by atomic mass is 32.2. The van der Waals surface area contributed by atoms with Gasteiger partial charge in [-0.1, -0.05) is 6.92 Å². The predicted molar refractivity (Wildman–Crippen MR) is 92.9 cm³/mol. The lowest BCUT2D eigenvalue weighted by atomic mass is 10.0. The lowest BCUT2D eigenvalue weighted by molar-refractivity contribution is 0.0598. The van der Waals surface area contributed by atoms with E-state index >= 15 is 0 Å². The maximum Gasteiger partial charge on any atom is 0.257 e. The van der Waals surface area contributed by atoms with Crippen LogP contribution in [0.15, 0.2) is 6.20 Å². The van der Waals surface area contributed by atoms with Gasteiger partial charge in [-0.25, -0.2) is 0 Å². The number of amides is 1. The molecule has 23 heavy (non-hydrogen) atoms. The average Bonchev–Trinajstić information content (AvgIpc) is 2.96. The lowest BCUT2D eigenvalue weighted by Gasteiger charge is -2.31. The number of hydrogen-bond donors (Lipinski definition) is 0. The van der Waals surface area contributed by atoms with Gasteiger partial charge in [-0.3, -0.25) is 9.48 Å². The number of ether oxygens (including phenoxy) is 1. The summed E-state index contributed by atoms with van der Waals surface area (Å²) < 4.78 is 7.43. The van der Waals surface area contributed by atoms with Crippen molar-refractivity contribution in [3.8, 4) is 0 Å². The van der Waals surface area contributed by atoms with Gasteiger partial charge in [0, 0.05) is 49.5 Å². The first-order valence-electron chi connectivity index (χ1n) is 8.70. The van der Waals surface area contributed by atoms with Crippen LogP contribution in [0.25, 0.3) is 0 Å². The fourth-order valence-electron chi connectivity index (χ4n) is 3.34. The normalized spacial score (nSPS) is 23.2. The Hall–Kier alpha value is -1.01. The molecule has 0 spiro atoms. The zero-order chi connectivity index (χ0) is 16.2. The first kappa shape index (κ1) is 16.8. The summed E-state index contributed by atoms with van der Waals surface area (Å²) in [6.07, 6.45) is 5.06. The van der Waals surface area contributed by atoms with Crippen molar-refractivity contribution in [2.45, 2.75) is 44.9 Å². The SMILES string of the molecule is CC[C@@H]1CN(C(=O)c2cnn(CC3CCOCC3)c2C)CCS1. The molecule has 0 aliphatic carbocycles. The molecule has 1 aromatic heterocycles. The van der Waals surface area contributed by atoms with Crippen LogP contribution < -0.4 is 0 Å². The Labute approximate surface area is 142 Å². The number of nitrogens with zero attached hydrogens (tertiary/aromatic N) is 3. The molecule has 0 unspecified atom stereocenters. The van der Waals surface area contributed by atoms with Crippen LogP contribution in [0.1, 0.15) is 42.2 Å². The van der Waals surface area contributed by atoms with E-state index in [0.717, 1.165) is 69.1 Å². The van der Waals surface area contributed by atoms with Crippen molar-refractivity contribution in [3.63, 3.8) is 0 Å². The summed E-state index contributed by atoms with van der Waals surface area (Å²) in [7, 11) is 0. The zero-order valence-electron chi connectivity index (χ0n) is 14.2. The van der Waals surface area contributed by atoms with E-state index in [1.165, 1.54) is 0 Å². The summed E-state index contributed by atoms with van der Waals surface area (Å²) >= 11 is 1.99. The van der Waals surface area contributed by atoms with E-state index < -0.39 is 0 Å². The molecule has 2 aliphatic heterocycles. The summed E-state index contributed by atoms with van der Waals surface area (Å²) in [5.74, 6) is 1.81. The van der Waals surface area contributed by atoms with Gasteiger partial charge in [0.25, 0.3) is 5.91 Å². The molecule has 0 aromatic carbocycles. The van der Waals surface area contributed by atoms with Gasteiger partial charge in [0.1, 0.15) is 0 Å². The van der Waals surface area contributed by atoms with E-state index in [9.17, 15) is 4.79 Å². The van der Waals surface area contributed by atoms with Crippen molar-refractivity contribution >= 4 is 17.7 Å². The molecule has 2 fully saturated rings. The first-order valence-corrected chi connectivity index (χ1v) is 9.75. The number of carbonyl (C=O) groups is 1. The van der Waals surface area contributed by atoms with Crippen molar-refractivity contribution in [2.24, 2.45) is 5.92 Å². The van der Waals surface area contributed by atoms with Gasteiger partial charge in [0.05, 0.1) is 11.8 Å². The molecule has 5 nitrogen and oxygen atoms in total. The minimum absolute atomic E-state index is 0.152. The monoisotopic (exact) mass is 337 g/mol. The highest BCUT2D eigenvalue weighted by molar-refractivity contribution is 8.00. The van der Waals surface area contributed by atoms with Crippen LogP contribution in [0.4, 0.5) is 0 Å². The minimum Gasteiger partial charge on any atom is -0.381 e. The second-order valence-electron chi connectivity index (χ2n) is 6.53. The smallest absolute Gasteiger partial charge is 0.257 e. The standard InChI is InChI=1S/C17H27N3O2S/c1-3-15-12-19(6-9-23-15)17(21)16-10-18-20(13(16)2)11-14-4-7-22-8-5-14/h10,14-15H,3-9,11-12H2,1-2H3/t15-/m1/s1. The van der Waals surface area contributed by atoms with Crippen LogP contribution in [-0.2, 0) is 11.3 Å². The van der Waals surface area contributed by atoms with Gasteiger partial charge >= 0.3 is 0 Å². The summed E-state index contributed by atoms with van der Waals surface area (Å²) in [6, 6.07) is 0. The van der Waals surface area contributed by atoms with Crippen LogP contribution in [0.3, 0.4) is 0 Å². The lowest BCUT2D eigenvalue weighted by Crippen LogP contribution is -2.41. The molecule has 2 aliphatic rings. The molecular formula is C17H27N3O2S. The van der Waals surface area contributed by atoms with Gasteiger partial charge in [0.2, 0.25) is 0 Å². The predicted octanol–water partition coefficient (Wildman–Crippen LogP) is 2.59. The molecule has 0 bridgehead atoms. The van der Waals surface area contributed by atoms with Crippen molar-refractivity contribution in [1.29, 1.82) is 0 Å². The van der Waals surface area contributed by atoms with E-state index in [4.69, 9.17) is 4.74 Å². The van der Waals surface area contributed by atoms with Gasteiger partial charge in [0.15, 0.2) is 0 Å². The van der Waals surface area contributed by atoms with E-state index in [1.807, 2.05) is 28.3 Å². The number of aromatic nitrogens is 2. The molecule has 0 radical (unpaired) electrons. The Morgan fingerprint density at radius 3 is 2.96 bits per heavy atom. The fourth-order valence-corrected chi connectivity index (χ4v) is 4.52. The van der Waals surface area contributed by atoms with Crippen LogP contribution >= 0.6 is 11.8 Å². The third-order valence-electron chi connectivity index (χ3n) is 4.99. The summed E-state index contributed by atoms with van der Waals surface area (Å²) in [5, 5.41) is 5.06. The Balaban J connectivity index is 1.66.